The maximum Gasteiger partial charge on any atom is 0.222 e. The van der Waals surface area contributed by atoms with Gasteiger partial charge in [0.15, 0.2) is 0 Å². The number of hydrogen-bond acceptors (Lipinski definition) is 4. The van der Waals surface area contributed by atoms with E-state index in [0.717, 1.165) is 29.5 Å². The smallest absolute Gasteiger partial charge is 0.222 e. The van der Waals surface area contributed by atoms with Gasteiger partial charge >= 0.3 is 0 Å². The van der Waals surface area contributed by atoms with E-state index in [9.17, 15) is 0 Å². The SMILES string of the molecule is Cc1cc(N2CCCCC[C@@H]2c2ccc(Cl)cc2)nc(N)n1. The molecule has 3 rings (SSSR count). The van der Waals surface area contributed by atoms with E-state index in [1.54, 1.807) is 0 Å². The molecule has 0 amide bonds. The van der Waals surface area contributed by atoms with Crippen LogP contribution in [0.5, 0.6) is 0 Å². The number of benzene rings is 1. The molecule has 1 aliphatic rings. The van der Waals surface area contributed by atoms with Gasteiger partial charge in [0.1, 0.15) is 5.82 Å². The fraction of sp³-hybridized carbons (Fsp3) is 0.412. The van der Waals surface area contributed by atoms with Crippen LogP contribution in [0.2, 0.25) is 5.02 Å². The summed E-state index contributed by atoms with van der Waals surface area (Å²) in [5.74, 6) is 1.26. The van der Waals surface area contributed by atoms with Crippen LogP contribution in [0.1, 0.15) is 43.0 Å². The maximum atomic E-state index is 6.03. The van der Waals surface area contributed by atoms with Crippen LogP contribution >= 0.6 is 11.6 Å². The Morgan fingerprint density at radius 3 is 2.64 bits per heavy atom. The van der Waals surface area contributed by atoms with Gasteiger partial charge in [0.2, 0.25) is 5.95 Å². The zero-order valence-electron chi connectivity index (χ0n) is 12.8. The van der Waals surface area contributed by atoms with Crippen molar-refractivity contribution in [3.8, 4) is 0 Å². The lowest BCUT2D eigenvalue weighted by molar-refractivity contribution is 0.596. The van der Waals surface area contributed by atoms with E-state index >= 15 is 0 Å². The van der Waals surface area contributed by atoms with Crippen molar-refractivity contribution in [1.29, 1.82) is 0 Å². The topological polar surface area (TPSA) is 55.0 Å². The number of nitrogens with two attached hydrogens (primary N) is 1. The van der Waals surface area contributed by atoms with Gasteiger partial charge in [0.25, 0.3) is 0 Å². The Kier molecular flexibility index (Phi) is 4.48. The molecule has 1 fully saturated rings. The highest BCUT2D eigenvalue weighted by atomic mass is 35.5. The molecular formula is C17H21ClN4. The number of aryl methyl sites for hydroxylation is 1. The fourth-order valence-corrected chi connectivity index (χ4v) is 3.26. The second-order valence-corrected chi connectivity index (χ2v) is 6.27. The molecule has 0 spiro atoms. The van der Waals surface area contributed by atoms with Crippen LogP contribution in [-0.2, 0) is 0 Å². The molecule has 4 nitrogen and oxygen atoms in total. The Hall–Kier alpha value is -1.81. The Morgan fingerprint density at radius 2 is 1.91 bits per heavy atom. The van der Waals surface area contributed by atoms with Gasteiger partial charge in [-0.15, -0.1) is 0 Å². The highest BCUT2D eigenvalue weighted by molar-refractivity contribution is 6.30. The van der Waals surface area contributed by atoms with Crippen molar-refractivity contribution in [2.24, 2.45) is 0 Å². The first-order valence-electron chi connectivity index (χ1n) is 7.77. The lowest BCUT2D eigenvalue weighted by atomic mass is 10.0. The van der Waals surface area contributed by atoms with Crippen molar-refractivity contribution in [2.45, 2.75) is 38.6 Å². The van der Waals surface area contributed by atoms with Crippen molar-refractivity contribution in [2.75, 3.05) is 17.2 Å². The maximum absolute atomic E-state index is 6.03. The van der Waals surface area contributed by atoms with Crippen molar-refractivity contribution in [3.63, 3.8) is 0 Å². The highest BCUT2D eigenvalue weighted by Gasteiger charge is 2.24. The van der Waals surface area contributed by atoms with Crippen molar-refractivity contribution in [1.82, 2.24) is 9.97 Å². The summed E-state index contributed by atoms with van der Waals surface area (Å²) in [6, 6.07) is 10.5. The molecule has 0 radical (unpaired) electrons. The van der Waals surface area contributed by atoms with Gasteiger partial charge in [-0.05, 0) is 37.5 Å². The molecule has 22 heavy (non-hydrogen) atoms. The van der Waals surface area contributed by atoms with E-state index in [2.05, 4.69) is 27.0 Å². The third kappa shape index (κ3) is 3.33. The Labute approximate surface area is 136 Å². The van der Waals surface area contributed by atoms with Crippen LogP contribution in [-0.4, -0.2) is 16.5 Å². The van der Waals surface area contributed by atoms with Gasteiger partial charge in [0, 0.05) is 23.3 Å². The second kappa shape index (κ2) is 6.53. The molecule has 2 heterocycles. The molecule has 1 aliphatic heterocycles. The number of aromatic nitrogens is 2. The standard InChI is InChI=1S/C17H21ClN4/c1-12-11-16(21-17(19)20-12)22-10-4-2-3-5-15(22)13-6-8-14(18)9-7-13/h6-9,11,15H,2-5,10H2,1H3,(H2,19,20,21)/t15-/m1/s1. The van der Waals surface area contributed by atoms with Gasteiger partial charge in [-0.2, -0.15) is 4.98 Å². The lowest BCUT2D eigenvalue weighted by Gasteiger charge is -2.31. The molecule has 1 atom stereocenters. The molecule has 0 saturated carbocycles. The quantitative estimate of drug-likeness (QED) is 0.904. The molecule has 2 aromatic rings. The van der Waals surface area contributed by atoms with E-state index in [4.69, 9.17) is 17.3 Å². The van der Waals surface area contributed by atoms with Gasteiger partial charge in [0.05, 0.1) is 6.04 Å². The third-order valence-corrected chi connectivity index (χ3v) is 4.41. The van der Waals surface area contributed by atoms with Crippen LogP contribution in [0.3, 0.4) is 0 Å². The summed E-state index contributed by atoms with van der Waals surface area (Å²) in [4.78, 5) is 11.0. The summed E-state index contributed by atoms with van der Waals surface area (Å²) in [5, 5.41) is 0.769. The van der Waals surface area contributed by atoms with E-state index < -0.39 is 0 Å². The zero-order chi connectivity index (χ0) is 15.5. The first kappa shape index (κ1) is 15.1. The molecule has 0 unspecified atom stereocenters. The summed E-state index contributed by atoms with van der Waals surface area (Å²) in [6.07, 6.45) is 4.76. The van der Waals surface area contributed by atoms with Crippen LogP contribution < -0.4 is 10.6 Å². The average molecular weight is 317 g/mol. The minimum atomic E-state index is 0.313. The normalized spacial score (nSPS) is 19.0. The first-order valence-corrected chi connectivity index (χ1v) is 8.14. The van der Waals surface area contributed by atoms with Crippen LogP contribution in [0.15, 0.2) is 30.3 Å². The lowest BCUT2D eigenvalue weighted by Crippen LogP contribution is -2.29. The zero-order valence-corrected chi connectivity index (χ0v) is 13.6. The predicted octanol–water partition coefficient (Wildman–Crippen LogP) is 4.14. The first-order chi connectivity index (χ1) is 10.6. The second-order valence-electron chi connectivity index (χ2n) is 5.84. The number of rotatable bonds is 2. The van der Waals surface area contributed by atoms with Gasteiger partial charge in [-0.1, -0.05) is 36.6 Å². The highest BCUT2D eigenvalue weighted by Crippen LogP contribution is 2.34. The average Bonchev–Trinajstić information content (AvgIpc) is 2.73. The van der Waals surface area contributed by atoms with Crippen LogP contribution in [0.4, 0.5) is 11.8 Å². The molecule has 5 heteroatoms. The minimum absolute atomic E-state index is 0.313. The number of halogens is 1. The van der Waals surface area contributed by atoms with Crippen LogP contribution in [0.25, 0.3) is 0 Å². The van der Waals surface area contributed by atoms with Crippen molar-refractivity contribution >= 4 is 23.4 Å². The van der Waals surface area contributed by atoms with Crippen LogP contribution in [0, 0.1) is 6.92 Å². The van der Waals surface area contributed by atoms with E-state index in [1.165, 1.54) is 24.8 Å². The molecule has 1 saturated heterocycles. The summed E-state index contributed by atoms with van der Waals surface area (Å²) in [5.41, 5.74) is 8.03. The molecule has 1 aromatic heterocycles. The van der Waals surface area contributed by atoms with Gasteiger partial charge in [-0.3, -0.25) is 0 Å². The predicted molar refractivity (Wildman–Crippen MR) is 91.2 cm³/mol. The summed E-state index contributed by atoms with van der Waals surface area (Å²) < 4.78 is 0. The Morgan fingerprint density at radius 1 is 1.14 bits per heavy atom. The number of nitrogen functional groups attached to an aromatic ring is 1. The Bertz CT molecular complexity index is 621. The molecule has 0 aliphatic carbocycles. The number of hydrogen-bond donors (Lipinski definition) is 1. The molecule has 2 N–H and O–H groups in total. The third-order valence-electron chi connectivity index (χ3n) is 4.16. The molecule has 0 bridgehead atoms. The van der Waals surface area contributed by atoms with Gasteiger partial charge < -0.3 is 10.6 Å². The molecular weight excluding hydrogens is 296 g/mol. The summed E-state index contributed by atoms with van der Waals surface area (Å²) in [6.45, 7) is 2.94. The Balaban J connectivity index is 1.98. The van der Waals surface area contributed by atoms with Crippen molar-refractivity contribution in [3.05, 3.63) is 46.6 Å². The summed E-state index contributed by atoms with van der Waals surface area (Å²) >= 11 is 6.03. The van der Waals surface area contributed by atoms with E-state index in [1.807, 2.05) is 25.1 Å². The molecule has 1 aromatic carbocycles. The number of nitrogens with zero attached hydrogens (tertiary/aromatic N) is 3. The summed E-state index contributed by atoms with van der Waals surface area (Å²) in [7, 11) is 0. The van der Waals surface area contributed by atoms with Crippen molar-refractivity contribution < 1.29 is 0 Å². The number of anilines is 2. The van der Waals surface area contributed by atoms with E-state index in [0.29, 0.717) is 12.0 Å². The monoisotopic (exact) mass is 316 g/mol. The van der Waals surface area contributed by atoms with E-state index in [-0.39, 0.29) is 0 Å². The molecule has 116 valence electrons. The minimum Gasteiger partial charge on any atom is -0.368 e. The van der Waals surface area contributed by atoms with Gasteiger partial charge in [-0.25, -0.2) is 4.98 Å². The largest absolute Gasteiger partial charge is 0.368 e. The fourth-order valence-electron chi connectivity index (χ4n) is 3.14.